The highest BCUT2D eigenvalue weighted by molar-refractivity contribution is 5.88. The summed E-state index contributed by atoms with van der Waals surface area (Å²) in [5.74, 6) is 2.32. The van der Waals surface area contributed by atoms with Crippen molar-refractivity contribution < 1.29 is 0 Å². The zero-order valence-corrected chi connectivity index (χ0v) is 15.4. The first-order valence-corrected chi connectivity index (χ1v) is 9.17. The topological polar surface area (TPSA) is 54.8 Å². The Bertz CT molecular complexity index is 950. The molecule has 2 aromatic heterocycles. The lowest BCUT2D eigenvalue weighted by Crippen LogP contribution is -2.32. The van der Waals surface area contributed by atoms with Gasteiger partial charge in [0.1, 0.15) is 11.6 Å². The van der Waals surface area contributed by atoms with Gasteiger partial charge in [-0.3, -0.25) is 0 Å². The number of hydrogen-bond acceptors (Lipinski definition) is 4. The third-order valence-electron chi connectivity index (χ3n) is 5.32. The summed E-state index contributed by atoms with van der Waals surface area (Å²) in [6.45, 7) is 8.34. The summed E-state index contributed by atoms with van der Waals surface area (Å²) < 4.78 is 2.11. The van der Waals surface area contributed by atoms with E-state index >= 15 is 0 Å². The number of piperidine rings is 1. The van der Waals surface area contributed by atoms with Crippen LogP contribution in [0.4, 0.5) is 5.82 Å². The van der Waals surface area contributed by atoms with E-state index in [0.29, 0.717) is 5.92 Å². The number of nitrogens with zero attached hydrogens (tertiary/aromatic N) is 3. The van der Waals surface area contributed by atoms with E-state index in [4.69, 9.17) is 0 Å². The van der Waals surface area contributed by atoms with Crippen molar-refractivity contribution in [2.24, 2.45) is 13.0 Å². The average Bonchev–Trinajstić information content (AvgIpc) is 3.00. The summed E-state index contributed by atoms with van der Waals surface area (Å²) in [6, 6.07) is 8.54. The van der Waals surface area contributed by atoms with Crippen LogP contribution >= 0.6 is 0 Å². The SMILES string of the molecule is C=C(Nc1cc2cc(-c3cnc(C)n3C)ccc2cn1)C1CCCNC1. The van der Waals surface area contributed by atoms with Crippen LogP contribution in [-0.4, -0.2) is 27.6 Å². The lowest BCUT2D eigenvalue weighted by molar-refractivity contribution is 0.424. The highest BCUT2D eigenvalue weighted by atomic mass is 15.0. The molecule has 134 valence electrons. The maximum Gasteiger partial charge on any atom is 0.130 e. The Balaban J connectivity index is 1.61. The molecule has 3 aromatic rings. The van der Waals surface area contributed by atoms with Crippen molar-refractivity contribution >= 4 is 16.6 Å². The molecule has 5 heteroatoms. The van der Waals surface area contributed by atoms with Gasteiger partial charge < -0.3 is 15.2 Å². The van der Waals surface area contributed by atoms with Crippen molar-refractivity contribution in [2.75, 3.05) is 18.4 Å². The smallest absolute Gasteiger partial charge is 0.130 e. The molecule has 0 bridgehead atoms. The molecule has 3 heterocycles. The van der Waals surface area contributed by atoms with Crippen molar-refractivity contribution in [3.8, 4) is 11.3 Å². The van der Waals surface area contributed by atoms with Gasteiger partial charge in [0, 0.05) is 42.4 Å². The lowest BCUT2D eigenvalue weighted by Gasteiger charge is -2.25. The molecule has 0 saturated carbocycles. The summed E-state index contributed by atoms with van der Waals surface area (Å²) >= 11 is 0. The second kappa shape index (κ2) is 6.92. The van der Waals surface area contributed by atoms with Gasteiger partial charge in [-0.25, -0.2) is 9.97 Å². The molecule has 1 unspecified atom stereocenters. The van der Waals surface area contributed by atoms with E-state index in [2.05, 4.69) is 56.0 Å². The summed E-state index contributed by atoms with van der Waals surface area (Å²) in [5.41, 5.74) is 3.32. The molecule has 1 fully saturated rings. The fourth-order valence-corrected chi connectivity index (χ4v) is 3.55. The molecule has 0 spiro atoms. The fraction of sp³-hybridized carbons (Fsp3) is 0.333. The van der Waals surface area contributed by atoms with Gasteiger partial charge in [0.25, 0.3) is 0 Å². The Kier molecular flexibility index (Phi) is 4.47. The van der Waals surface area contributed by atoms with Crippen LogP contribution in [0.5, 0.6) is 0 Å². The van der Waals surface area contributed by atoms with Crippen LogP contribution in [0.15, 0.2) is 48.9 Å². The third kappa shape index (κ3) is 3.22. The molecular weight excluding hydrogens is 322 g/mol. The summed E-state index contributed by atoms with van der Waals surface area (Å²) in [4.78, 5) is 8.96. The van der Waals surface area contributed by atoms with E-state index in [0.717, 1.165) is 52.5 Å². The van der Waals surface area contributed by atoms with Gasteiger partial charge in [-0.1, -0.05) is 18.7 Å². The molecule has 5 nitrogen and oxygen atoms in total. The van der Waals surface area contributed by atoms with E-state index < -0.39 is 0 Å². The lowest BCUT2D eigenvalue weighted by atomic mass is 9.97. The Labute approximate surface area is 154 Å². The van der Waals surface area contributed by atoms with Gasteiger partial charge in [0.15, 0.2) is 0 Å². The predicted molar refractivity (Wildman–Crippen MR) is 107 cm³/mol. The molecule has 1 saturated heterocycles. The molecule has 2 N–H and O–H groups in total. The highest BCUT2D eigenvalue weighted by Gasteiger charge is 2.16. The summed E-state index contributed by atoms with van der Waals surface area (Å²) in [7, 11) is 2.05. The predicted octanol–water partition coefficient (Wildman–Crippen LogP) is 3.87. The zero-order chi connectivity index (χ0) is 18.1. The monoisotopic (exact) mass is 347 g/mol. The average molecular weight is 347 g/mol. The molecule has 1 aromatic carbocycles. The molecule has 1 atom stereocenters. The van der Waals surface area contributed by atoms with E-state index in [1.54, 1.807) is 0 Å². The van der Waals surface area contributed by atoms with Crippen molar-refractivity contribution in [1.29, 1.82) is 0 Å². The van der Waals surface area contributed by atoms with E-state index in [1.165, 1.54) is 12.8 Å². The first kappa shape index (κ1) is 16.8. The molecular formula is C21H25N5. The van der Waals surface area contributed by atoms with Crippen LogP contribution < -0.4 is 10.6 Å². The van der Waals surface area contributed by atoms with Crippen LogP contribution in [0, 0.1) is 12.8 Å². The zero-order valence-electron chi connectivity index (χ0n) is 15.4. The van der Waals surface area contributed by atoms with Crippen LogP contribution in [0.25, 0.3) is 22.0 Å². The maximum atomic E-state index is 4.56. The first-order chi connectivity index (χ1) is 12.6. The summed E-state index contributed by atoms with van der Waals surface area (Å²) in [6.07, 6.45) is 6.22. The number of hydrogen-bond donors (Lipinski definition) is 2. The van der Waals surface area contributed by atoms with E-state index in [9.17, 15) is 0 Å². The Morgan fingerprint density at radius 3 is 2.85 bits per heavy atom. The third-order valence-corrected chi connectivity index (χ3v) is 5.32. The number of nitrogens with one attached hydrogen (secondary N) is 2. The van der Waals surface area contributed by atoms with Gasteiger partial charge >= 0.3 is 0 Å². The van der Waals surface area contributed by atoms with Gasteiger partial charge in [-0.15, -0.1) is 0 Å². The minimum atomic E-state index is 0.463. The van der Waals surface area contributed by atoms with E-state index in [-0.39, 0.29) is 0 Å². The number of aromatic nitrogens is 3. The molecule has 26 heavy (non-hydrogen) atoms. The normalized spacial score (nSPS) is 17.4. The molecule has 1 aliphatic rings. The number of imidazole rings is 1. The molecule has 1 aliphatic heterocycles. The highest BCUT2D eigenvalue weighted by Crippen LogP contribution is 2.27. The number of anilines is 1. The van der Waals surface area contributed by atoms with Crippen LogP contribution in [0.3, 0.4) is 0 Å². The molecule has 0 aliphatic carbocycles. The second-order valence-corrected chi connectivity index (χ2v) is 7.07. The summed E-state index contributed by atoms with van der Waals surface area (Å²) in [5, 5.41) is 9.14. The standard InChI is InChI=1S/C21H25N5/c1-14(17-5-4-8-22-11-17)25-21-10-19-9-16(6-7-18(19)12-24-21)20-13-23-15(2)26(20)3/h6-7,9-10,12-13,17,22H,1,4-5,8,11H2,2-3H3,(H,24,25). The van der Waals surface area contributed by atoms with Gasteiger partial charge in [-0.05, 0) is 43.8 Å². The van der Waals surface area contributed by atoms with Crippen molar-refractivity contribution in [2.45, 2.75) is 19.8 Å². The van der Waals surface area contributed by atoms with Gasteiger partial charge in [-0.2, -0.15) is 0 Å². The quantitative estimate of drug-likeness (QED) is 0.752. The Hall–Kier alpha value is -2.66. The number of pyridine rings is 1. The Morgan fingerprint density at radius 1 is 1.23 bits per heavy atom. The maximum absolute atomic E-state index is 4.56. The number of fused-ring (bicyclic) bond motifs is 1. The van der Waals surface area contributed by atoms with Crippen LogP contribution in [0.1, 0.15) is 18.7 Å². The minimum Gasteiger partial charge on any atom is -0.344 e. The minimum absolute atomic E-state index is 0.463. The first-order valence-electron chi connectivity index (χ1n) is 9.17. The Morgan fingerprint density at radius 2 is 2.12 bits per heavy atom. The van der Waals surface area contributed by atoms with Crippen LogP contribution in [0.2, 0.25) is 0 Å². The van der Waals surface area contributed by atoms with Crippen molar-refractivity contribution in [3.63, 3.8) is 0 Å². The largest absolute Gasteiger partial charge is 0.344 e. The van der Waals surface area contributed by atoms with Crippen molar-refractivity contribution in [3.05, 3.63) is 54.8 Å². The number of rotatable bonds is 4. The molecule has 4 rings (SSSR count). The number of aryl methyl sites for hydroxylation is 1. The number of benzene rings is 1. The molecule has 0 amide bonds. The van der Waals surface area contributed by atoms with Gasteiger partial charge in [0.05, 0.1) is 11.9 Å². The van der Waals surface area contributed by atoms with Gasteiger partial charge in [0.2, 0.25) is 0 Å². The van der Waals surface area contributed by atoms with Crippen LogP contribution in [-0.2, 0) is 7.05 Å². The van der Waals surface area contributed by atoms with E-state index in [1.807, 2.05) is 26.4 Å². The molecule has 0 radical (unpaired) electrons. The second-order valence-electron chi connectivity index (χ2n) is 7.07. The van der Waals surface area contributed by atoms with Crippen molar-refractivity contribution in [1.82, 2.24) is 19.9 Å². The fourth-order valence-electron chi connectivity index (χ4n) is 3.55.